The molecule has 2 aliphatic carbocycles. The van der Waals surface area contributed by atoms with E-state index in [2.05, 4.69) is 175 Å². The average Bonchev–Trinajstić information content (AvgIpc) is 3.79. The van der Waals surface area contributed by atoms with Gasteiger partial charge >= 0.3 is 145 Å². The fourth-order valence-electron chi connectivity index (χ4n) is 6.18. The number of benzene rings is 6. The predicted octanol–water partition coefficient (Wildman–Crippen LogP) is 12.1. The minimum atomic E-state index is 0.177. The van der Waals surface area contributed by atoms with Gasteiger partial charge in [-0.05, 0) is 17.4 Å². The van der Waals surface area contributed by atoms with Crippen molar-refractivity contribution in [2.24, 2.45) is 0 Å². The van der Waals surface area contributed by atoms with Gasteiger partial charge in [0.2, 0.25) is 0 Å². The van der Waals surface area contributed by atoms with Gasteiger partial charge in [0.1, 0.15) is 0 Å². The number of hydrogen-bond acceptors (Lipinski definition) is 0. The van der Waals surface area contributed by atoms with Gasteiger partial charge in [0, 0.05) is 0 Å². The van der Waals surface area contributed by atoms with Crippen LogP contribution in [0.5, 0.6) is 0 Å². The summed E-state index contributed by atoms with van der Waals surface area (Å²) in [6.07, 6.45) is 11.0. The molecule has 0 N–H and O–H groups in total. The molecule has 0 spiro atoms. The Labute approximate surface area is 302 Å². The van der Waals surface area contributed by atoms with Gasteiger partial charge in [0.25, 0.3) is 0 Å². The molecule has 2 aliphatic rings. The summed E-state index contributed by atoms with van der Waals surface area (Å²) in [4.78, 5) is 0. The van der Waals surface area contributed by atoms with Crippen molar-refractivity contribution < 1.29 is 24.2 Å². The topological polar surface area (TPSA) is 0 Å². The zero-order valence-electron chi connectivity index (χ0n) is 29.1. The summed E-state index contributed by atoms with van der Waals surface area (Å²) in [5, 5.41) is 5.21. The zero-order chi connectivity index (χ0) is 33.9. The fourth-order valence-corrected chi connectivity index (χ4v) is 6.95. The zero-order valence-corrected chi connectivity index (χ0v) is 31.6. The van der Waals surface area contributed by atoms with Crippen LogP contribution in [0.4, 0.5) is 0 Å². The van der Waals surface area contributed by atoms with Gasteiger partial charge in [-0.25, -0.2) is 12.2 Å². The number of hydrogen-bond donors (Lipinski definition) is 0. The van der Waals surface area contributed by atoms with Crippen LogP contribution in [0.3, 0.4) is 0 Å². The van der Waals surface area contributed by atoms with Crippen LogP contribution in [-0.2, 0) is 41.5 Å². The molecule has 0 nitrogen and oxygen atoms in total. The first-order chi connectivity index (χ1) is 23.0. The Morgan fingerprint density at radius 1 is 0.604 bits per heavy atom. The molecule has 0 atom stereocenters. The average molecular weight is 700 g/mol. The summed E-state index contributed by atoms with van der Waals surface area (Å²) in [6.45, 7) is 13.6. The Kier molecular flexibility index (Phi) is 10.1. The van der Waals surface area contributed by atoms with Crippen LogP contribution in [0.2, 0.25) is 0 Å². The van der Waals surface area contributed by atoms with Gasteiger partial charge in [-0.2, -0.15) is 35.4 Å². The second-order valence-corrected chi connectivity index (χ2v) is 16.1. The summed E-state index contributed by atoms with van der Waals surface area (Å²) < 4.78 is 1.41. The van der Waals surface area contributed by atoms with E-state index in [1.807, 2.05) is 12.2 Å². The minimum absolute atomic E-state index is 0.177. The molecular weight excluding hydrogens is 656 g/mol. The molecule has 0 saturated heterocycles. The molecule has 0 radical (unpaired) electrons. The molecule has 236 valence electrons. The molecular formula is C47H44Zr. The molecule has 1 heteroatoms. The first-order valence-corrected chi connectivity index (χ1v) is 18.2. The summed E-state index contributed by atoms with van der Waals surface area (Å²) in [7, 11) is 0. The molecule has 6 aromatic rings. The molecule has 8 rings (SSSR count). The second kappa shape index (κ2) is 14.3. The van der Waals surface area contributed by atoms with Crippen molar-refractivity contribution in [1.82, 2.24) is 0 Å². The van der Waals surface area contributed by atoms with Crippen molar-refractivity contribution in [2.45, 2.75) is 65.2 Å². The normalized spacial score (nSPS) is 13.0. The molecule has 0 unspecified atom stereocenters. The van der Waals surface area contributed by atoms with Gasteiger partial charge in [-0.1, -0.05) is 76.3 Å². The number of rotatable bonds is 2. The summed E-state index contributed by atoms with van der Waals surface area (Å²) in [5.74, 6) is 0. The number of allylic oxidation sites excluding steroid dienone is 4. The summed E-state index contributed by atoms with van der Waals surface area (Å²) in [5.41, 5.74) is 11.4. The van der Waals surface area contributed by atoms with Crippen molar-refractivity contribution in [2.75, 3.05) is 0 Å². The van der Waals surface area contributed by atoms with Crippen molar-refractivity contribution in [3.63, 3.8) is 0 Å². The molecule has 0 aromatic heterocycles. The Bertz CT molecular complexity index is 2010. The van der Waals surface area contributed by atoms with Crippen LogP contribution in [-0.4, -0.2) is 3.21 Å². The Morgan fingerprint density at radius 2 is 1.17 bits per heavy atom. The summed E-state index contributed by atoms with van der Waals surface area (Å²) >= 11 is 1.44. The molecule has 6 aromatic carbocycles. The van der Waals surface area contributed by atoms with E-state index in [4.69, 9.17) is 0 Å². The van der Waals surface area contributed by atoms with Gasteiger partial charge in [-0.15, -0.1) is 12.0 Å². The van der Waals surface area contributed by atoms with E-state index in [1.54, 1.807) is 0 Å². The third-order valence-electron chi connectivity index (χ3n) is 9.19. The van der Waals surface area contributed by atoms with Gasteiger partial charge in [0.05, 0.1) is 0 Å². The Hall–Kier alpha value is -3.93. The molecule has 0 amide bonds. The predicted molar refractivity (Wildman–Crippen MR) is 204 cm³/mol. The van der Waals surface area contributed by atoms with E-state index < -0.39 is 0 Å². The van der Waals surface area contributed by atoms with Gasteiger partial charge < -0.3 is 0 Å². The Morgan fingerprint density at radius 3 is 1.67 bits per heavy atom. The first-order valence-electron chi connectivity index (χ1n) is 16.9. The quantitative estimate of drug-likeness (QED) is 0.158. The van der Waals surface area contributed by atoms with Crippen LogP contribution < -0.4 is 0 Å². The van der Waals surface area contributed by atoms with Gasteiger partial charge in [-0.3, -0.25) is 6.08 Å². The van der Waals surface area contributed by atoms with Crippen LogP contribution in [0, 0.1) is 12.1 Å². The molecule has 0 bridgehead atoms. The SMILES string of the molecule is CC(C)(C)c1c[c-]c2c(c1)-c1cc(C(C)(C)C)ccc1C2.[C-]1=CC=CC1.[Zr+2]=[C](c1ccc2ccccc2c1)c1ccc2ccccc2c1. The first kappa shape index (κ1) is 34.0. The van der Waals surface area contributed by atoms with E-state index in [0.29, 0.717) is 0 Å². The van der Waals surface area contributed by atoms with Crippen molar-refractivity contribution >= 4 is 24.8 Å². The van der Waals surface area contributed by atoms with E-state index in [-0.39, 0.29) is 10.8 Å². The standard InChI is InChI=1S/C21H14.C21H25.C5H5.Zr/c1-3-7-20-14-16(9-11-18(20)5-1)13-17-10-12-19-6-2-4-8-21(19)15-17;1-20(2,3)16-9-7-14-11-15-8-10-17(21(4,5)6)13-19(15)18(14)12-16;1-2-4-5-3-1;/h1-12,14-15H;7,9-10,12-13H,11H2,1-6H3;1-3H,4H2;/q;2*-1;+2. The van der Waals surface area contributed by atoms with E-state index >= 15 is 0 Å². The van der Waals surface area contributed by atoms with Crippen LogP contribution >= 0.6 is 0 Å². The van der Waals surface area contributed by atoms with E-state index in [9.17, 15) is 0 Å². The van der Waals surface area contributed by atoms with Crippen molar-refractivity contribution in [3.8, 4) is 11.1 Å². The van der Waals surface area contributed by atoms with Crippen LogP contribution in [0.1, 0.15) is 81.3 Å². The van der Waals surface area contributed by atoms with Crippen LogP contribution in [0.15, 0.2) is 133 Å². The monoisotopic (exact) mass is 698 g/mol. The maximum atomic E-state index is 3.53. The van der Waals surface area contributed by atoms with E-state index in [1.165, 1.54) is 93.5 Å². The molecule has 0 heterocycles. The molecule has 0 aliphatic heterocycles. The van der Waals surface area contributed by atoms with Crippen molar-refractivity contribution in [3.05, 3.63) is 179 Å². The maximum absolute atomic E-state index is 3.53. The van der Waals surface area contributed by atoms with Crippen molar-refractivity contribution in [1.29, 1.82) is 0 Å². The molecule has 0 fully saturated rings. The summed E-state index contributed by atoms with van der Waals surface area (Å²) in [6, 6.07) is 45.7. The molecule has 48 heavy (non-hydrogen) atoms. The van der Waals surface area contributed by atoms with Crippen LogP contribution in [0.25, 0.3) is 32.7 Å². The second-order valence-electron chi connectivity index (χ2n) is 14.8. The molecule has 0 saturated carbocycles. The third-order valence-corrected chi connectivity index (χ3v) is 10.6. The van der Waals surface area contributed by atoms with Gasteiger partial charge in [0.15, 0.2) is 0 Å². The third kappa shape index (κ3) is 7.85. The fraction of sp³-hybridized carbons (Fsp3) is 0.213. The Balaban J connectivity index is 0.000000146. The van der Waals surface area contributed by atoms with E-state index in [0.717, 1.165) is 12.8 Å². The number of fused-ring (bicyclic) bond motifs is 5.